The zero-order valence-corrected chi connectivity index (χ0v) is 14.0. The second-order valence-corrected chi connectivity index (χ2v) is 6.50. The van der Waals surface area contributed by atoms with Crippen molar-refractivity contribution in [1.29, 1.82) is 0 Å². The number of methoxy groups -OCH3 is 1. The quantitative estimate of drug-likeness (QED) is 0.613. The Labute approximate surface area is 142 Å². The predicted molar refractivity (Wildman–Crippen MR) is 98.8 cm³/mol. The molecular formula is C19H16N2O2S. The summed E-state index contributed by atoms with van der Waals surface area (Å²) in [7, 11) is 1.64. The molecule has 0 aliphatic rings. The predicted octanol–water partition coefficient (Wildman–Crippen LogP) is 3.99. The number of H-pyrrole nitrogens is 1. The zero-order chi connectivity index (χ0) is 16.5. The number of nitrogens with one attached hydrogen (secondary N) is 1. The van der Waals surface area contributed by atoms with E-state index in [0.717, 1.165) is 21.3 Å². The van der Waals surface area contributed by atoms with Crippen molar-refractivity contribution >= 4 is 32.3 Å². The molecule has 24 heavy (non-hydrogen) atoms. The van der Waals surface area contributed by atoms with Crippen molar-refractivity contribution in [2.24, 2.45) is 0 Å². The molecule has 0 aliphatic carbocycles. The standard InChI is InChI=1S/C19H16N2O2S/c1-23-9-8-16-20-18(22)17-15(11-24-19(17)21-16)14-7-6-12-4-2-3-5-13(12)10-14/h2-7,10-11H,8-9H2,1H3,(H,20,21,22). The summed E-state index contributed by atoms with van der Waals surface area (Å²) in [6.45, 7) is 0.539. The van der Waals surface area contributed by atoms with Gasteiger partial charge in [-0.3, -0.25) is 4.79 Å². The average Bonchev–Trinajstić information content (AvgIpc) is 3.04. The lowest BCUT2D eigenvalue weighted by Gasteiger charge is -2.04. The molecule has 120 valence electrons. The number of aromatic amines is 1. The molecule has 5 heteroatoms. The second-order valence-electron chi connectivity index (χ2n) is 5.65. The van der Waals surface area contributed by atoms with Crippen LogP contribution in [0.2, 0.25) is 0 Å². The van der Waals surface area contributed by atoms with Gasteiger partial charge < -0.3 is 9.72 Å². The molecule has 2 aromatic heterocycles. The lowest BCUT2D eigenvalue weighted by atomic mass is 10.0. The maximum atomic E-state index is 12.6. The van der Waals surface area contributed by atoms with Gasteiger partial charge in [0, 0.05) is 24.5 Å². The minimum atomic E-state index is -0.0875. The van der Waals surface area contributed by atoms with Gasteiger partial charge in [0.15, 0.2) is 0 Å². The molecular weight excluding hydrogens is 320 g/mol. The smallest absolute Gasteiger partial charge is 0.260 e. The number of benzene rings is 2. The van der Waals surface area contributed by atoms with Crippen LogP contribution < -0.4 is 5.56 Å². The summed E-state index contributed by atoms with van der Waals surface area (Å²) in [5.74, 6) is 0.668. The highest BCUT2D eigenvalue weighted by Crippen LogP contribution is 2.32. The zero-order valence-electron chi connectivity index (χ0n) is 13.2. The Morgan fingerprint density at radius 1 is 1.17 bits per heavy atom. The van der Waals surface area contributed by atoms with E-state index in [1.165, 1.54) is 16.7 Å². The average molecular weight is 336 g/mol. The molecule has 1 N–H and O–H groups in total. The van der Waals surface area contributed by atoms with Crippen molar-refractivity contribution in [1.82, 2.24) is 9.97 Å². The van der Waals surface area contributed by atoms with Crippen LogP contribution >= 0.6 is 11.3 Å². The Kier molecular flexibility index (Phi) is 3.88. The Morgan fingerprint density at radius 2 is 2.00 bits per heavy atom. The van der Waals surface area contributed by atoms with E-state index in [9.17, 15) is 4.79 Å². The third-order valence-corrected chi connectivity index (χ3v) is 4.97. The number of aromatic nitrogens is 2. The molecule has 0 unspecified atom stereocenters. The molecule has 0 fully saturated rings. The first-order chi connectivity index (χ1) is 11.8. The summed E-state index contributed by atoms with van der Waals surface area (Å²) in [5, 5.41) is 5.03. The van der Waals surface area contributed by atoms with Crippen molar-refractivity contribution in [3.63, 3.8) is 0 Å². The number of hydrogen-bond acceptors (Lipinski definition) is 4. The van der Waals surface area contributed by atoms with Gasteiger partial charge in [-0.1, -0.05) is 36.4 Å². The van der Waals surface area contributed by atoms with Gasteiger partial charge in [0.2, 0.25) is 0 Å². The summed E-state index contributed by atoms with van der Waals surface area (Å²) in [4.78, 5) is 20.8. The van der Waals surface area contributed by atoms with Crippen molar-refractivity contribution in [3.8, 4) is 11.1 Å². The lowest BCUT2D eigenvalue weighted by Crippen LogP contribution is -2.12. The fraction of sp³-hybridized carbons (Fsp3) is 0.158. The van der Waals surface area contributed by atoms with Crippen LogP contribution in [-0.4, -0.2) is 23.7 Å². The van der Waals surface area contributed by atoms with E-state index in [4.69, 9.17) is 4.74 Å². The van der Waals surface area contributed by atoms with Crippen LogP contribution in [-0.2, 0) is 11.2 Å². The van der Waals surface area contributed by atoms with Gasteiger partial charge in [0.05, 0.1) is 12.0 Å². The monoisotopic (exact) mass is 336 g/mol. The van der Waals surface area contributed by atoms with Crippen LogP contribution in [0.25, 0.3) is 32.1 Å². The highest BCUT2D eigenvalue weighted by molar-refractivity contribution is 7.17. The van der Waals surface area contributed by atoms with E-state index in [-0.39, 0.29) is 5.56 Å². The minimum absolute atomic E-state index is 0.0875. The maximum Gasteiger partial charge on any atom is 0.260 e. The molecule has 0 saturated heterocycles. The Bertz CT molecular complexity index is 1080. The molecule has 2 aromatic carbocycles. The Morgan fingerprint density at radius 3 is 2.83 bits per heavy atom. The summed E-state index contributed by atoms with van der Waals surface area (Å²) < 4.78 is 5.05. The molecule has 0 spiro atoms. The topological polar surface area (TPSA) is 55.0 Å². The first-order valence-corrected chi connectivity index (χ1v) is 8.63. The minimum Gasteiger partial charge on any atom is -0.384 e. The fourth-order valence-corrected chi connectivity index (χ4v) is 3.85. The van der Waals surface area contributed by atoms with E-state index in [1.54, 1.807) is 7.11 Å². The van der Waals surface area contributed by atoms with Crippen molar-refractivity contribution in [2.45, 2.75) is 6.42 Å². The molecule has 0 saturated carbocycles. The summed E-state index contributed by atoms with van der Waals surface area (Å²) >= 11 is 1.50. The summed E-state index contributed by atoms with van der Waals surface area (Å²) in [6, 6.07) is 14.5. The van der Waals surface area contributed by atoms with Gasteiger partial charge in [0.1, 0.15) is 10.7 Å². The molecule has 4 rings (SSSR count). The molecule has 0 radical (unpaired) electrons. The highest BCUT2D eigenvalue weighted by atomic mass is 32.1. The molecule has 0 aliphatic heterocycles. The Hall–Kier alpha value is -2.50. The van der Waals surface area contributed by atoms with E-state index in [1.807, 2.05) is 17.5 Å². The summed E-state index contributed by atoms with van der Waals surface area (Å²) in [6.07, 6.45) is 0.602. The molecule has 2 heterocycles. The normalized spacial score (nSPS) is 11.4. The van der Waals surface area contributed by atoms with Crippen molar-refractivity contribution < 1.29 is 4.74 Å². The number of rotatable bonds is 4. The van der Waals surface area contributed by atoms with Crippen LogP contribution in [0.4, 0.5) is 0 Å². The van der Waals surface area contributed by atoms with Gasteiger partial charge in [-0.15, -0.1) is 11.3 Å². The Balaban J connectivity index is 1.85. The largest absolute Gasteiger partial charge is 0.384 e. The van der Waals surface area contributed by atoms with Crippen molar-refractivity contribution in [3.05, 3.63) is 64.0 Å². The third-order valence-electron chi connectivity index (χ3n) is 4.10. The molecule has 4 aromatic rings. The van der Waals surface area contributed by atoms with Crippen LogP contribution in [0.1, 0.15) is 5.82 Å². The van der Waals surface area contributed by atoms with Crippen LogP contribution in [0.15, 0.2) is 52.6 Å². The molecule has 0 bridgehead atoms. The van der Waals surface area contributed by atoms with Gasteiger partial charge in [-0.2, -0.15) is 0 Å². The SMILES string of the molecule is COCCc1nc2scc(-c3ccc4ccccc4c3)c2c(=O)[nH]1. The fourth-order valence-electron chi connectivity index (χ4n) is 2.88. The second kappa shape index (κ2) is 6.19. The highest BCUT2D eigenvalue weighted by Gasteiger charge is 2.13. The maximum absolute atomic E-state index is 12.6. The van der Waals surface area contributed by atoms with E-state index < -0.39 is 0 Å². The van der Waals surface area contributed by atoms with Crippen LogP contribution in [0, 0.1) is 0 Å². The number of ether oxygens (including phenoxy) is 1. The molecule has 0 atom stereocenters. The van der Waals surface area contributed by atoms with Gasteiger partial charge >= 0.3 is 0 Å². The van der Waals surface area contributed by atoms with Crippen LogP contribution in [0.3, 0.4) is 0 Å². The molecule has 0 amide bonds. The number of nitrogens with zero attached hydrogens (tertiary/aromatic N) is 1. The third kappa shape index (κ3) is 2.62. The van der Waals surface area contributed by atoms with Gasteiger partial charge in [0.25, 0.3) is 5.56 Å². The van der Waals surface area contributed by atoms with Gasteiger partial charge in [-0.25, -0.2) is 4.98 Å². The summed E-state index contributed by atoms with van der Waals surface area (Å²) in [5.41, 5.74) is 1.89. The van der Waals surface area contributed by atoms with Gasteiger partial charge in [-0.05, 0) is 22.4 Å². The first-order valence-electron chi connectivity index (χ1n) is 7.75. The molecule has 4 nitrogen and oxygen atoms in total. The number of thiophene rings is 1. The number of fused-ring (bicyclic) bond motifs is 2. The number of hydrogen-bond donors (Lipinski definition) is 1. The van der Waals surface area contributed by atoms with Crippen molar-refractivity contribution in [2.75, 3.05) is 13.7 Å². The van der Waals surface area contributed by atoms with E-state index >= 15 is 0 Å². The van der Waals surface area contributed by atoms with Crippen LogP contribution in [0.5, 0.6) is 0 Å². The lowest BCUT2D eigenvalue weighted by molar-refractivity contribution is 0.200. The first kappa shape index (κ1) is 15.1. The van der Waals surface area contributed by atoms with E-state index in [0.29, 0.717) is 24.2 Å². The van der Waals surface area contributed by atoms with E-state index in [2.05, 4.69) is 40.3 Å².